The largest absolute Gasteiger partial charge is 0.337 e. The number of carbonyl (C=O) groups excluding carboxylic acids is 1. The van der Waals surface area contributed by atoms with Crippen molar-refractivity contribution in [3.63, 3.8) is 0 Å². The minimum atomic E-state index is 0.0182. The average Bonchev–Trinajstić information content (AvgIpc) is 3.06. The lowest BCUT2D eigenvalue weighted by molar-refractivity contribution is -0.127. The molecule has 28 heavy (non-hydrogen) atoms. The fourth-order valence-corrected chi connectivity index (χ4v) is 3.76. The van der Waals surface area contributed by atoms with Gasteiger partial charge in [-0.3, -0.25) is 14.1 Å². The lowest BCUT2D eigenvalue weighted by Gasteiger charge is -2.34. The van der Waals surface area contributed by atoms with E-state index in [1.54, 1.807) is 12.2 Å². The summed E-state index contributed by atoms with van der Waals surface area (Å²) in [5.41, 5.74) is 2.85. The standard InChI is InChI=1S/C22H23ClN4O/c23-22-19(27-12-5-4-8-20(27)24-22)9-10-21(28)26-16-14-25(15-17-26)13-11-18-6-2-1-3-7-18/h1-10,12H,11,13-17H2/b10-9+. The molecule has 0 atom stereocenters. The SMILES string of the molecule is O=C(/C=C/c1c(Cl)nc2ccccn12)N1CCN(CCc2ccccc2)CC1. The molecule has 0 spiro atoms. The van der Waals surface area contributed by atoms with Gasteiger partial charge in [0.25, 0.3) is 0 Å². The van der Waals surface area contributed by atoms with Gasteiger partial charge in [-0.15, -0.1) is 0 Å². The van der Waals surface area contributed by atoms with Gasteiger partial charge >= 0.3 is 0 Å². The van der Waals surface area contributed by atoms with Crippen LogP contribution in [0.1, 0.15) is 11.3 Å². The number of fused-ring (bicyclic) bond motifs is 1. The molecule has 1 aliphatic heterocycles. The van der Waals surface area contributed by atoms with Gasteiger partial charge in [0.1, 0.15) is 5.65 Å². The Morgan fingerprint density at radius 1 is 1.04 bits per heavy atom. The first-order chi connectivity index (χ1) is 13.7. The second-order valence-electron chi connectivity index (χ2n) is 6.95. The zero-order valence-corrected chi connectivity index (χ0v) is 16.4. The van der Waals surface area contributed by atoms with Gasteiger partial charge in [-0.2, -0.15) is 0 Å². The van der Waals surface area contributed by atoms with Crippen molar-refractivity contribution in [2.24, 2.45) is 0 Å². The molecule has 0 radical (unpaired) electrons. The smallest absolute Gasteiger partial charge is 0.246 e. The normalized spacial score (nSPS) is 15.5. The predicted molar refractivity (Wildman–Crippen MR) is 112 cm³/mol. The fourth-order valence-electron chi connectivity index (χ4n) is 3.51. The number of halogens is 1. The Morgan fingerprint density at radius 3 is 2.57 bits per heavy atom. The number of pyridine rings is 1. The van der Waals surface area contributed by atoms with Crippen LogP contribution in [0.25, 0.3) is 11.7 Å². The van der Waals surface area contributed by atoms with E-state index in [1.165, 1.54) is 5.56 Å². The zero-order valence-electron chi connectivity index (χ0n) is 15.7. The highest BCUT2D eigenvalue weighted by Gasteiger charge is 2.19. The Hall–Kier alpha value is -2.63. The summed E-state index contributed by atoms with van der Waals surface area (Å²) in [6, 6.07) is 16.2. The molecule has 3 aromatic rings. The number of imidazole rings is 1. The van der Waals surface area contributed by atoms with Crippen molar-refractivity contribution in [3.05, 3.63) is 77.2 Å². The minimum absolute atomic E-state index is 0.0182. The number of rotatable bonds is 5. The monoisotopic (exact) mass is 394 g/mol. The topological polar surface area (TPSA) is 40.9 Å². The molecule has 0 unspecified atom stereocenters. The predicted octanol–water partition coefficient (Wildman–Crippen LogP) is 3.39. The van der Waals surface area contributed by atoms with Crippen LogP contribution in [0.2, 0.25) is 5.15 Å². The molecule has 1 fully saturated rings. The van der Waals surface area contributed by atoms with Crippen LogP contribution >= 0.6 is 11.6 Å². The van der Waals surface area contributed by atoms with E-state index in [1.807, 2.05) is 39.8 Å². The Balaban J connectivity index is 1.31. The van der Waals surface area contributed by atoms with Crippen LogP contribution in [0.3, 0.4) is 0 Å². The van der Waals surface area contributed by atoms with E-state index >= 15 is 0 Å². The summed E-state index contributed by atoms with van der Waals surface area (Å²) in [6.07, 6.45) is 6.29. The number of amides is 1. The Bertz CT molecular complexity index is 975. The number of hydrogen-bond acceptors (Lipinski definition) is 3. The van der Waals surface area contributed by atoms with Crippen LogP contribution in [0.4, 0.5) is 0 Å². The number of benzene rings is 1. The third-order valence-corrected chi connectivity index (χ3v) is 5.43. The van der Waals surface area contributed by atoms with E-state index in [9.17, 15) is 4.79 Å². The molecule has 1 aromatic carbocycles. The molecule has 5 nitrogen and oxygen atoms in total. The Labute approximate surface area is 169 Å². The van der Waals surface area contributed by atoms with Crippen molar-refractivity contribution in [2.75, 3.05) is 32.7 Å². The van der Waals surface area contributed by atoms with Gasteiger partial charge < -0.3 is 4.90 Å². The van der Waals surface area contributed by atoms with E-state index < -0.39 is 0 Å². The number of piperazine rings is 1. The zero-order chi connectivity index (χ0) is 19.3. The summed E-state index contributed by atoms with van der Waals surface area (Å²) in [5, 5.41) is 0.404. The molecule has 3 heterocycles. The van der Waals surface area contributed by atoms with Gasteiger partial charge in [-0.1, -0.05) is 48.0 Å². The molecule has 2 aromatic heterocycles. The second-order valence-corrected chi connectivity index (χ2v) is 7.31. The van der Waals surface area contributed by atoms with Crippen molar-refractivity contribution in [1.29, 1.82) is 0 Å². The lowest BCUT2D eigenvalue weighted by Crippen LogP contribution is -2.48. The highest BCUT2D eigenvalue weighted by Crippen LogP contribution is 2.19. The Morgan fingerprint density at radius 2 is 1.79 bits per heavy atom. The first-order valence-electron chi connectivity index (χ1n) is 9.56. The molecule has 4 rings (SSSR count). The molecular formula is C22H23ClN4O. The molecule has 6 heteroatoms. The number of nitrogens with zero attached hydrogens (tertiary/aromatic N) is 4. The van der Waals surface area contributed by atoms with Crippen LogP contribution in [-0.2, 0) is 11.2 Å². The third-order valence-electron chi connectivity index (χ3n) is 5.15. The highest BCUT2D eigenvalue weighted by atomic mass is 35.5. The summed E-state index contributed by atoms with van der Waals surface area (Å²) < 4.78 is 1.88. The summed E-state index contributed by atoms with van der Waals surface area (Å²) in [6.45, 7) is 4.34. The van der Waals surface area contributed by atoms with Crippen LogP contribution in [0.15, 0.2) is 60.8 Å². The van der Waals surface area contributed by atoms with Crippen molar-refractivity contribution >= 4 is 29.2 Å². The molecule has 0 N–H and O–H groups in total. The summed E-state index contributed by atoms with van der Waals surface area (Å²) in [4.78, 5) is 21.2. The van der Waals surface area contributed by atoms with Crippen molar-refractivity contribution in [2.45, 2.75) is 6.42 Å². The summed E-state index contributed by atoms with van der Waals surface area (Å²) >= 11 is 6.23. The van der Waals surface area contributed by atoms with E-state index in [2.05, 4.69) is 34.1 Å². The van der Waals surface area contributed by atoms with Gasteiger partial charge in [0, 0.05) is 45.0 Å². The van der Waals surface area contributed by atoms with Crippen molar-refractivity contribution in [3.8, 4) is 0 Å². The first kappa shape index (κ1) is 18.7. The lowest BCUT2D eigenvalue weighted by atomic mass is 10.1. The van der Waals surface area contributed by atoms with Crippen molar-refractivity contribution in [1.82, 2.24) is 19.2 Å². The summed E-state index contributed by atoms with van der Waals surface area (Å²) in [7, 11) is 0. The Kier molecular flexibility index (Phi) is 5.74. The van der Waals surface area contributed by atoms with Gasteiger partial charge in [0.05, 0.1) is 5.69 Å². The molecule has 0 saturated carbocycles. The molecule has 144 valence electrons. The minimum Gasteiger partial charge on any atom is -0.337 e. The van der Waals surface area contributed by atoms with E-state index in [0.29, 0.717) is 5.15 Å². The van der Waals surface area contributed by atoms with Crippen LogP contribution in [0, 0.1) is 0 Å². The average molecular weight is 395 g/mol. The quantitative estimate of drug-likeness (QED) is 0.623. The van der Waals surface area contributed by atoms with Crippen LogP contribution in [-0.4, -0.2) is 57.8 Å². The first-order valence-corrected chi connectivity index (χ1v) is 9.94. The number of aromatic nitrogens is 2. The third kappa shape index (κ3) is 4.26. The second kappa shape index (κ2) is 8.59. The van der Waals surface area contributed by atoms with Crippen LogP contribution < -0.4 is 0 Å². The number of hydrogen-bond donors (Lipinski definition) is 0. The van der Waals surface area contributed by atoms with Gasteiger partial charge in [0.15, 0.2) is 5.15 Å². The maximum absolute atomic E-state index is 12.6. The fraction of sp³-hybridized carbons (Fsp3) is 0.273. The van der Waals surface area contributed by atoms with E-state index in [-0.39, 0.29) is 5.91 Å². The van der Waals surface area contributed by atoms with Gasteiger partial charge in [-0.05, 0) is 30.2 Å². The van der Waals surface area contributed by atoms with E-state index in [0.717, 1.165) is 50.5 Å². The maximum atomic E-state index is 12.6. The van der Waals surface area contributed by atoms with E-state index in [4.69, 9.17) is 11.6 Å². The van der Waals surface area contributed by atoms with Crippen LogP contribution in [0.5, 0.6) is 0 Å². The summed E-state index contributed by atoms with van der Waals surface area (Å²) in [5.74, 6) is 0.0182. The number of carbonyl (C=O) groups is 1. The molecule has 0 bridgehead atoms. The molecule has 1 aliphatic rings. The highest BCUT2D eigenvalue weighted by molar-refractivity contribution is 6.31. The van der Waals surface area contributed by atoms with Gasteiger partial charge in [-0.25, -0.2) is 4.98 Å². The molecule has 0 aliphatic carbocycles. The molecular weight excluding hydrogens is 372 g/mol. The molecule has 1 amide bonds. The van der Waals surface area contributed by atoms with Gasteiger partial charge in [0.2, 0.25) is 5.91 Å². The molecule has 1 saturated heterocycles. The van der Waals surface area contributed by atoms with Crippen molar-refractivity contribution < 1.29 is 4.79 Å². The maximum Gasteiger partial charge on any atom is 0.246 e.